The van der Waals surface area contributed by atoms with Gasteiger partial charge in [-0.15, -0.1) is 0 Å². The van der Waals surface area contributed by atoms with E-state index < -0.39 is 0 Å². The van der Waals surface area contributed by atoms with Crippen molar-refractivity contribution in [2.45, 2.75) is 39.2 Å². The summed E-state index contributed by atoms with van der Waals surface area (Å²) in [6, 6.07) is 0. The van der Waals surface area contributed by atoms with E-state index in [1.54, 1.807) is 0 Å². The van der Waals surface area contributed by atoms with Crippen LogP contribution in [0, 0.1) is 6.92 Å². The average Bonchev–Trinajstić information content (AvgIpc) is 2.61. The molecular formula is C13H25N3S. The van der Waals surface area contributed by atoms with E-state index in [0.717, 1.165) is 18.8 Å². The van der Waals surface area contributed by atoms with Crippen LogP contribution in [0.3, 0.4) is 0 Å². The Morgan fingerprint density at radius 1 is 1.29 bits per heavy atom. The standard InChI is InChI=1S/C13H25N3S/c1-12-13(11-16(2)15-12)10-14-8-6-4-5-7-9-17-3/h11,14H,4-10H2,1-3H3. The lowest BCUT2D eigenvalue weighted by atomic mass is 10.2. The maximum Gasteiger partial charge on any atom is 0.0638 e. The first kappa shape index (κ1) is 14.6. The predicted octanol–water partition coefficient (Wildman–Crippen LogP) is 2.74. The normalized spacial score (nSPS) is 11.0. The van der Waals surface area contributed by atoms with Gasteiger partial charge in [0.25, 0.3) is 0 Å². The lowest BCUT2D eigenvalue weighted by Gasteiger charge is -2.03. The van der Waals surface area contributed by atoms with Gasteiger partial charge in [0, 0.05) is 25.4 Å². The van der Waals surface area contributed by atoms with Gasteiger partial charge in [0.2, 0.25) is 0 Å². The van der Waals surface area contributed by atoms with Gasteiger partial charge in [-0.2, -0.15) is 16.9 Å². The van der Waals surface area contributed by atoms with E-state index in [9.17, 15) is 0 Å². The van der Waals surface area contributed by atoms with Crippen LogP contribution in [-0.2, 0) is 13.6 Å². The molecule has 1 aromatic rings. The number of thioether (sulfide) groups is 1. The SMILES string of the molecule is CSCCCCCCNCc1cn(C)nc1C. The van der Waals surface area contributed by atoms with Gasteiger partial charge in [-0.1, -0.05) is 12.8 Å². The van der Waals surface area contributed by atoms with Crippen molar-refractivity contribution < 1.29 is 0 Å². The third kappa shape index (κ3) is 6.13. The zero-order valence-electron chi connectivity index (χ0n) is 11.3. The van der Waals surface area contributed by atoms with E-state index in [2.05, 4.69) is 29.8 Å². The molecule has 98 valence electrons. The van der Waals surface area contributed by atoms with E-state index >= 15 is 0 Å². The molecule has 0 aliphatic rings. The third-order valence-corrected chi connectivity index (χ3v) is 3.58. The van der Waals surface area contributed by atoms with Gasteiger partial charge in [0.1, 0.15) is 0 Å². The Balaban J connectivity index is 1.99. The lowest BCUT2D eigenvalue weighted by molar-refractivity contribution is 0.598. The molecule has 1 rings (SSSR count). The summed E-state index contributed by atoms with van der Waals surface area (Å²) in [7, 11) is 1.97. The minimum atomic E-state index is 0.949. The van der Waals surface area contributed by atoms with Crippen molar-refractivity contribution in [1.82, 2.24) is 15.1 Å². The number of hydrogen-bond donors (Lipinski definition) is 1. The number of unbranched alkanes of at least 4 members (excludes halogenated alkanes) is 3. The highest BCUT2D eigenvalue weighted by Gasteiger charge is 2.01. The van der Waals surface area contributed by atoms with Gasteiger partial charge in [0.15, 0.2) is 0 Å². The number of nitrogens with one attached hydrogen (secondary N) is 1. The molecule has 17 heavy (non-hydrogen) atoms. The van der Waals surface area contributed by atoms with Gasteiger partial charge in [-0.25, -0.2) is 0 Å². The third-order valence-electron chi connectivity index (χ3n) is 2.88. The fourth-order valence-corrected chi connectivity index (χ4v) is 2.39. The molecule has 1 aromatic heterocycles. The summed E-state index contributed by atoms with van der Waals surface area (Å²) in [4.78, 5) is 0. The molecule has 0 saturated carbocycles. The van der Waals surface area contributed by atoms with Crippen molar-refractivity contribution in [2.24, 2.45) is 7.05 Å². The summed E-state index contributed by atoms with van der Waals surface area (Å²) in [5, 5.41) is 7.82. The molecule has 0 amide bonds. The average molecular weight is 255 g/mol. The lowest BCUT2D eigenvalue weighted by Crippen LogP contribution is -2.14. The van der Waals surface area contributed by atoms with E-state index in [0.29, 0.717) is 0 Å². The van der Waals surface area contributed by atoms with Crippen LogP contribution in [0.25, 0.3) is 0 Å². The minimum absolute atomic E-state index is 0.949. The molecule has 1 N–H and O–H groups in total. The molecule has 0 bridgehead atoms. The van der Waals surface area contributed by atoms with Crippen LogP contribution in [0.15, 0.2) is 6.20 Å². The maximum absolute atomic E-state index is 4.33. The summed E-state index contributed by atoms with van der Waals surface area (Å²) >= 11 is 1.95. The molecular weight excluding hydrogens is 230 g/mol. The Morgan fingerprint density at radius 2 is 2.06 bits per heavy atom. The van der Waals surface area contributed by atoms with Gasteiger partial charge < -0.3 is 5.32 Å². The zero-order valence-corrected chi connectivity index (χ0v) is 12.1. The number of aryl methyl sites for hydroxylation is 2. The van der Waals surface area contributed by atoms with Crippen molar-refractivity contribution in [1.29, 1.82) is 0 Å². The van der Waals surface area contributed by atoms with Crippen molar-refractivity contribution in [3.8, 4) is 0 Å². The Bertz CT molecular complexity index is 310. The summed E-state index contributed by atoms with van der Waals surface area (Å²) in [6.45, 7) is 4.14. The van der Waals surface area contributed by atoms with Crippen LogP contribution in [0.1, 0.15) is 36.9 Å². The smallest absolute Gasteiger partial charge is 0.0638 e. The maximum atomic E-state index is 4.33. The molecule has 4 heteroatoms. The fraction of sp³-hybridized carbons (Fsp3) is 0.769. The number of rotatable bonds is 9. The summed E-state index contributed by atoms with van der Waals surface area (Å²) in [5.41, 5.74) is 2.45. The second-order valence-electron chi connectivity index (χ2n) is 4.50. The van der Waals surface area contributed by atoms with Crippen LogP contribution in [0.4, 0.5) is 0 Å². The molecule has 0 aromatic carbocycles. The first-order valence-electron chi connectivity index (χ1n) is 6.43. The molecule has 3 nitrogen and oxygen atoms in total. The highest BCUT2D eigenvalue weighted by atomic mass is 32.2. The number of nitrogens with zero attached hydrogens (tertiary/aromatic N) is 2. The molecule has 0 spiro atoms. The van der Waals surface area contributed by atoms with Crippen molar-refractivity contribution in [3.63, 3.8) is 0 Å². The summed E-state index contributed by atoms with van der Waals surface area (Å²) < 4.78 is 1.88. The van der Waals surface area contributed by atoms with E-state index in [-0.39, 0.29) is 0 Å². The molecule has 0 saturated heterocycles. The monoisotopic (exact) mass is 255 g/mol. The molecule has 0 aliphatic heterocycles. The van der Waals surface area contributed by atoms with Crippen LogP contribution in [-0.4, -0.2) is 28.3 Å². The fourth-order valence-electron chi connectivity index (χ4n) is 1.90. The molecule has 0 aliphatic carbocycles. The van der Waals surface area contributed by atoms with Gasteiger partial charge >= 0.3 is 0 Å². The quantitative estimate of drug-likeness (QED) is 0.688. The highest BCUT2D eigenvalue weighted by Crippen LogP contribution is 2.05. The van der Waals surface area contributed by atoms with Crippen LogP contribution in [0.5, 0.6) is 0 Å². The Kier molecular flexibility index (Phi) is 7.37. The van der Waals surface area contributed by atoms with Crippen LogP contribution in [0.2, 0.25) is 0 Å². The van der Waals surface area contributed by atoms with Gasteiger partial charge in [-0.05, 0) is 38.3 Å². The zero-order chi connectivity index (χ0) is 12.5. The van der Waals surface area contributed by atoms with Crippen molar-refractivity contribution >= 4 is 11.8 Å². The summed E-state index contributed by atoms with van der Waals surface area (Å²) in [6.07, 6.45) is 9.64. The molecule has 0 radical (unpaired) electrons. The molecule has 0 atom stereocenters. The number of aromatic nitrogens is 2. The summed E-state index contributed by atoms with van der Waals surface area (Å²) in [5.74, 6) is 1.31. The first-order chi connectivity index (χ1) is 8.24. The Morgan fingerprint density at radius 3 is 2.71 bits per heavy atom. The first-order valence-corrected chi connectivity index (χ1v) is 7.82. The predicted molar refractivity (Wildman–Crippen MR) is 76.5 cm³/mol. The number of hydrogen-bond acceptors (Lipinski definition) is 3. The van der Waals surface area contributed by atoms with E-state index in [4.69, 9.17) is 0 Å². The second kappa shape index (κ2) is 8.59. The van der Waals surface area contributed by atoms with Gasteiger partial charge in [-0.3, -0.25) is 4.68 Å². The largest absolute Gasteiger partial charge is 0.313 e. The van der Waals surface area contributed by atoms with E-state index in [1.807, 2.05) is 23.5 Å². The molecule has 0 unspecified atom stereocenters. The van der Waals surface area contributed by atoms with Crippen molar-refractivity contribution in [2.75, 3.05) is 18.6 Å². The highest BCUT2D eigenvalue weighted by molar-refractivity contribution is 7.98. The Labute approximate surface area is 109 Å². The Hall–Kier alpha value is -0.480. The topological polar surface area (TPSA) is 29.9 Å². The minimum Gasteiger partial charge on any atom is -0.313 e. The molecule has 1 heterocycles. The van der Waals surface area contributed by atoms with E-state index in [1.165, 1.54) is 37.0 Å². The van der Waals surface area contributed by atoms with Gasteiger partial charge in [0.05, 0.1) is 5.69 Å². The van der Waals surface area contributed by atoms with Crippen LogP contribution >= 0.6 is 11.8 Å². The van der Waals surface area contributed by atoms with Crippen LogP contribution < -0.4 is 5.32 Å². The molecule has 0 fully saturated rings. The second-order valence-corrected chi connectivity index (χ2v) is 5.48. The van der Waals surface area contributed by atoms with Crippen molar-refractivity contribution in [3.05, 3.63) is 17.5 Å².